The quantitative estimate of drug-likeness (QED) is 0.124. The molecule has 0 amide bonds. The molecular weight excluding hydrogens is 474 g/mol. The van der Waals surface area contributed by atoms with Crippen molar-refractivity contribution >= 4 is 28.8 Å². The van der Waals surface area contributed by atoms with Crippen molar-refractivity contribution in [2.24, 2.45) is 17.5 Å². The van der Waals surface area contributed by atoms with Gasteiger partial charge in [-0.05, 0) is 40.9 Å². The van der Waals surface area contributed by atoms with Crippen molar-refractivity contribution in [3.63, 3.8) is 0 Å². The highest BCUT2D eigenvalue weighted by Crippen LogP contribution is 2.19. The maximum Gasteiger partial charge on any atom is 0.224 e. The lowest BCUT2D eigenvalue weighted by atomic mass is 10.2. The highest BCUT2D eigenvalue weighted by atomic mass is 35.5. The molecule has 4 rings (SSSR count). The highest BCUT2D eigenvalue weighted by molar-refractivity contribution is 6.28. The van der Waals surface area contributed by atoms with Gasteiger partial charge in [0.05, 0.1) is 17.6 Å². The summed E-state index contributed by atoms with van der Waals surface area (Å²) >= 11 is 5.57. The van der Waals surface area contributed by atoms with Crippen LogP contribution in [0.5, 0.6) is 0 Å². The van der Waals surface area contributed by atoms with Gasteiger partial charge in [-0.25, -0.2) is 13.8 Å². The van der Waals surface area contributed by atoms with Crippen molar-refractivity contribution in [2.75, 3.05) is 16.1 Å². The van der Waals surface area contributed by atoms with Gasteiger partial charge in [0.25, 0.3) is 0 Å². The van der Waals surface area contributed by atoms with Crippen molar-refractivity contribution < 1.29 is 8.78 Å². The standard InChI is InChI=1S/C13H14FN3.C11H9ClFN3.H4N2/c14-12-7-6-11(17-15)8-13(12)16-9-10-4-2-1-3-5-10;12-11-15-7-9(13)10(16-11)14-6-8-4-2-1-3-5-8;1-2/h1-8,16-17H,9,15H2;1-5,7H,6H2,(H,14,15,16);1-2H2. The van der Waals surface area contributed by atoms with Crippen LogP contribution in [0.3, 0.4) is 0 Å². The lowest BCUT2D eigenvalue weighted by molar-refractivity contribution is 0.616. The number of hydrogen-bond acceptors (Lipinski definition) is 8. The normalized spacial score (nSPS) is 9.66. The summed E-state index contributed by atoms with van der Waals surface area (Å²) in [7, 11) is 0. The number of benzene rings is 3. The van der Waals surface area contributed by atoms with E-state index in [4.69, 9.17) is 17.4 Å². The first-order valence-electron chi connectivity index (χ1n) is 10.4. The first-order valence-corrected chi connectivity index (χ1v) is 10.8. The number of aromatic nitrogens is 2. The van der Waals surface area contributed by atoms with E-state index in [-0.39, 0.29) is 16.9 Å². The lowest BCUT2D eigenvalue weighted by Gasteiger charge is -2.09. The number of nitrogens with two attached hydrogens (primary N) is 3. The van der Waals surface area contributed by atoms with Crippen molar-refractivity contribution in [3.8, 4) is 0 Å². The van der Waals surface area contributed by atoms with Gasteiger partial charge in [-0.15, -0.1) is 0 Å². The molecule has 8 nitrogen and oxygen atoms in total. The van der Waals surface area contributed by atoms with Gasteiger partial charge < -0.3 is 16.1 Å². The van der Waals surface area contributed by atoms with Crippen LogP contribution in [0.25, 0.3) is 0 Å². The summed E-state index contributed by atoms with van der Waals surface area (Å²) in [5, 5.41) is 5.92. The third-order valence-corrected chi connectivity index (χ3v) is 4.66. The predicted octanol–water partition coefficient (Wildman–Crippen LogP) is 4.42. The summed E-state index contributed by atoms with van der Waals surface area (Å²) in [6.45, 7) is 1.07. The minimum atomic E-state index is -0.514. The molecule has 0 aliphatic carbocycles. The second-order valence-electron chi connectivity index (χ2n) is 6.85. The third-order valence-electron chi connectivity index (χ3n) is 4.48. The molecule has 1 heterocycles. The topological polar surface area (TPSA) is 140 Å². The number of nitrogen functional groups attached to an aromatic ring is 1. The van der Waals surface area contributed by atoms with Crippen molar-refractivity contribution in [3.05, 3.63) is 113 Å². The second-order valence-corrected chi connectivity index (χ2v) is 7.19. The number of hydrazine groups is 2. The molecule has 184 valence electrons. The molecular formula is C24H27ClF2N8. The Labute approximate surface area is 207 Å². The van der Waals surface area contributed by atoms with Gasteiger partial charge in [0.2, 0.25) is 5.28 Å². The molecule has 0 aliphatic heterocycles. The zero-order valence-electron chi connectivity index (χ0n) is 18.8. The number of hydrogen-bond donors (Lipinski definition) is 6. The summed E-state index contributed by atoms with van der Waals surface area (Å²) in [4.78, 5) is 7.29. The Hall–Kier alpha value is -3.83. The average molecular weight is 501 g/mol. The van der Waals surface area contributed by atoms with Crippen LogP contribution in [-0.2, 0) is 13.1 Å². The fourth-order valence-electron chi connectivity index (χ4n) is 2.79. The summed E-state index contributed by atoms with van der Waals surface area (Å²) < 4.78 is 26.7. The molecule has 4 aromatic rings. The van der Waals surface area contributed by atoms with E-state index in [1.807, 2.05) is 60.7 Å². The Balaban J connectivity index is 0.000000231. The molecule has 3 aromatic carbocycles. The number of halogens is 3. The zero-order valence-corrected chi connectivity index (χ0v) is 19.5. The zero-order chi connectivity index (χ0) is 25.5. The first kappa shape index (κ1) is 27.4. The fraction of sp³-hybridized carbons (Fsp3) is 0.0833. The monoisotopic (exact) mass is 500 g/mol. The highest BCUT2D eigenvalue weighted by Gasteiger charge is 2.05. The number of rotatable bonds is 7. The van der Waals surface area contributed by atoms with Gasteiger partial charge in [-0.3, -0.25) is 17.5 Å². The number of nitrogens with one attached hydrogen (secondary N) is 3. The Bertz CT molecular complexity index is 1150. The third kappa shape index (κ3) is 9.51. The first-order chi connectivity index (χ1) is 17.0. The van der Waals surface area contributed by atoms with Gasteiger partial charge >= 0.3 is 0 Å². The summed E-state index contributed by atoms with van der Waals surface area (Å²) in [6, 6.07) is 24.0. The van der Waals surface area contributed by atoms with Gasteiger partial charge in [-0.1, -0.05) is 60.7 Å². The van der Waals surface area contributed by atoms with Crippen molar-refractivity contribution in [1.29, 1.82) is 0 Å². The molecule has 9 N–H and O–H groups in total. The summed E-state index contributed by atoms with van der Waals surface area (Å²) in [6.07, 6.45) is 1.04. The number of nitrogens with zero attached hydrogens (tertiary/aromatic N) is 2. The van der Waals surface area contributed by atoms with Gasteiger partial charge in [-0.2, -0.15) is 4.98 Å². The Morgan fingerprint density at radius 1 is 0.771 bits per heavy atom. The minimum absolute atomic E-state index is 0.0250. The van der Waals surface area contributed by atoms with Crippen molar-refractivity contribution in [2.45, 2.75) is 13.1 Å². The Kier molecular flexibility index (Phi) is 11.9. The molecule has 11 heteroatoms. The molecule has 0 spiro atoms. The maximum atomic E-state index is 13.5. The van der Waals surface area contributed by atoms with E-state index >= 15 is 0 Å². The smallest absolute Gasteiger partial charge is 0.224 e. The molecule has 0 unspecified atom stereocenters. The van der Waals surface area contributed by atoms with Crippen LogP contribution in [0.15, 0.2) is 85.1 Å². The van der Waals surface area contributed by atoms with E-state index in [9.17, 15) is 8.78 Å². The molecule has 35 heavy (non-hydrogen) atoms. The van der Waals surface area contributed by atoms with Crippen LogP contribution in [-0.4, -0.2) is 9.97 Å². The van der Waals surface area contributed by atoms with Gasteiger partial charge in [0.1, 0.15) is 5.82 Å². The Morgan fingerprint density at radius 3 is 1.91 bits per heavy atom. The Morgan fingerprint density at radius 2 is 1.34 bits per heavy atom. The van der Waals surface area contributed by atoms with Crippen LogP contribution in [0.2, 0.25) is 5.28 Å². The van der Waals surface area contributed by atoms with Crippen LogP contribution >= 0.6 is 11.6 Å². The lowest BCUT2D eigenvalue weighted by Crippen LogP contribution is -2.08. The summed E-state index contributed by atoms with van der Waals surface area (Å²) in [5.74, 6) is 12.6. The SMILES string of the molecule is Fc1cnc(Cl)nc1NCc1ccccc1.NN.NNc1ccc(F)c(NCc2ccccc2)c1. The van der Waals surface area contributed by atoms with Crippen LogP contribution in [0.1, 0.15) is 11.1 Å². The molecule has 0 fully saturated rings. The van der Waals surface area contributed by atoms with Crippen LogP contribution in [0, 0.1) is 11.6 Å². The summed E-state index contributed by atoms with van der Waals surface area (Å²) in [5.41, 5.74) is 5.72. The molecule has 0 aliphatic rings. The average Bonchev–Trinajstić information content (AvgIpc) is 2.91. The van der Waals surface area contributed by atoms with E-state index in [2.05, 4.69) is 37.7 Å². The number of anilines is 3. The molecule has 0 atom stereocenters. The van der Waals surface area contributed by atoms with E-state index in [1.54, 1.807) is 12.1 Å². The van der Waals surface area contributed by atoms with Crippen molar-refractivity contribution in [1.82, 2.24) is 9.97 Å². The van der Waals surface area contributed by atoms with E-state index in [0.29, 0.717) is 24.5 Å². The molecule has 0 radical (unpaired) electrons. The molecule has 1 aromatic heterocycles. The molecule has 0 saturated carbocycles. The maximum absolute atomic E-state index is 13.5. The van der Waals surface area contributed by atoms with Crippen LogP contribution in [0.4, 0.5) is 26.0 Å². The fourth-order valence-corrected chi connectivity index (χ4v) is 2.93. The van der Waals surface area contributed by atoms with E-state index in [1.165, 1.54) is 6.07 Å². The molecule has 0 bridgehead atoms. The molecule has 0 saturated heterocycles. The van der Waals surface area contributed by atoms with E-state index in [0.717, 1.165) is 17.3 Å². The van der Waals surface area contributed by atoms with Crippen LogP contribution < -0.4 is 33.6 Å². The van der Waals surface area contributed by atoms with E-state index < -0.39 is 5.82 Å². The second kappa shape index (κ2) is 15.1. The van der Waals surface area contributed by atoms with Gasteiger partial charge in [0, 0.05) is 13.1 Å². The largest absolute Gasteiger partial charge is 0.379 e. The predicted molar refractivity (Wildman–Crippen MR) is 137 cm³/mol. The van der Waals surface area contributed by atoms with Gasteiger partial charge in [0.15, 0.2) is 11.6 Å². The minimum Gasteiger partial charge on any atom is -0.379 e.